The van der Waals surface area contributed by atoms with Gasteiger partial charge in [0.1, 0.15) is 0 Å². The molecule has 1 aliphatic heterocycles. The molecule has 1 saturated carbocycles. The third-order valence-electron chi connectivity index (χ3n) is 4.38. The molecule has 0 spiro atoms. The predicted molar refractivity (Wildman–Crippen MR) is 95.4 cm³/mol. The zero-order valence-corrected chi connectivity index (χ0v) is 15.3. The van der Waals surface area contributed by atoms with Crippen molar-refractivity contribution in [3.63, 3.8) is 0 Å². The Balaban J connectivity index is 0.00000161. The van der Waals surface area contributed by atoms with Gasteiger partial charge in [-0.1, -0.05) is 27.5 Å². The van der Waals surface area contributed by atoms with Gasteiger partial charge in [-0.2, -0.15) is 0 Å². The number of nitrogens with one attached hydrogen (secondary N) is 1. The summed E-state index contributed by atoms with van der Waals surface area (Å²) >= 11 is 9.70. The second-order valence-corrected chi connectivity index (χ2v) is 7.43. The highest BCUT2D eigenvalue weighted by Crippen LogP contribution is 2.28. The lowest BCUT2D eigenvalue weighted by Crippen LogP contribution is -2.42. The molecule has 1 aromatic rings. The molecular formula is C16H23BrCl2N2. The van der Waals surface area contributed by atoms with Gasteiger partial charge in [0.05, 0.1) is 0 Å². The van der Waals surface area contributed by atoms with E-state index in [9.17, 15) is 0 Å². The van der Waals surface area contributed by atoms with E-state index < -0.39 is 0 Å². The minimum Gasteiger partial charge on any atom is -0.314 e. The molecule has 0 bridgehead atoms. The van der Waals surface area contributed by atoms with Crippen LogP contribution in [0.25, 0.3) is 0 Å². The predicted octanol–water partition coefficient (Wildman–Crippen LogP) is 4.49. The van der Waals surface area contributed by atoms with Crippen molar-refractivity contribution in [2.45, 2.75) is 38.3 Å². The lowest BCUT2D eigenvalue weighted by molar-refractivity contribution is 0.190. The second-order valence-electron chi connectivity index (χ2n) is 6.14. The van der Waals surface area contributed by atoms with Gasteiger partial charge in [0.2, 0.25) is 0 Å². The first-order chi connectivity index (χ1) is 9.70. The van der Waals surface area contributed by atoms with Crippen LogP contribution in [0.2, 0.25) is 5.02 Å². The molecule has 0 aromatic heterocycles. The Morgan fingerprint density at radius 3 is 2.57 bits per heavy atom. The Hall–Kier alpha value is 0.200. The van der Waals surface area contributed by atoms with Crippen LogP contribution in [-0.2, 0) is 6.54 Å². The third-order valence-corrected chi connectivity index (χ3v) is 5.39. The van der Waals surface area contributed by atoms with E-state index in [1.165, 1.54) is 50.9 Å². The Morgan fingerprint density at radius 2 is 1.90 bits per heavy atom. The van der Waals surface area contributed by atoms with Crippen LogP contribution < -0.4 is 5.32 Å². The van der Waals surface area contributed by atoms with Crippen molar-refractivity contribution in [2.24, 2.45) is 5.92 Å². The molecular weight excluding hydrogens is 371 g/mol. The molecule has 1 aromatic carbocycles. The molecule has 118 valence electrons. The van der Waals surface area contributed by atoms with Gasteiger partial charge in [0, 0.05) is 22.1 Å². The van der Waals surface area contributed by atoms with Gasteiger partial charge in [-0.05, 0) is 75.0 Å². The maximum atomic E-state index is 6.09. The van der Waals surface area contributed by atoms with Gasteiger partial charge in [0.15, 0.2) is 0 Å². The van der Waals surface area contributed by atoms with Gasteiger partial charge in [-0.15, -0.1) is 12.4 Å². The van der Waals surface area contributed by atoms with Crippen molar-refractivity contribution in [3.05, 3.63) is 33.3 Å². The molecule has 2 nitrogen and oxygen atoms in total. The zero-order valence-electron chi connectivity index (χ0n) is 12.2. The summed E-state index contributed by atoms with van der Waals surface area (Å²) in [5, 5.41) is 4.55. The summed E-state index contributed by atoms with van der Waals surface area (Å²) in [5.74, 6) is 0.982. The Bertz CT molecular complexity index is 458. The molecule has 1 heterocycles. The lowest BCUT2D eigenvalue weighted by Gasteiger charge is -2.32. The van der Waals surface area contributed by atoms with Crippen LogP contribution in [0, 0.1) is 5.92 Å². The zero-order chi connectivity index (χ0) is 13.9. The van der Waals surface area contributed by atoms with E-state index in [2.05, 4.69) is 32.2 Å². The van der Waals surface area contributed by atoms with Crippen LogP contribution in [-0.4, -0.2) is 30.6 Å². The molecule has 3 rings (SSSR count). The van der Waals surface area contributed by atoms with Crippen LogP contribution in [0.15, 0.2) is 22.7 Å². The van der Waals surface area contributed by atoms with E-state index >= 15 is 0 Å². The van der Waals surface area contributed by atoms with E-state index in [1.807, 2.05) is 12.1 Å². The molecule has 2 aliphatic rings. The Morgan fingerprint density at radius 1 is 1.19 bits per heavy atom. The molecule has 1 N–H and O–H groups in total. The Kier molecular flexibility index (Phi) is 6.82. The van der Waals surface area contributed by atoms with Crippen LogP contribution in [0.4, 0.5) is 0 Å². The van der Waals surface area contributed by atoms with E-state index in [-0.39, 0.29) is 12.4 Å². The average molecular weight is 394 g/mol. The summed E-state index contributed by atoms with van der Waals surface area (Å²) in [4.78, 5) is 2.53. The molecule has 0 amide bonds. The van der Waals surface area contributed by atoms with Crippen molar-refractivity contribution in [1.82, 2.24) is 10.2 Å². The summed E-state index contributed by atoms with van der Waals surface area (Å²) in [6, 6.07) is 6.78. The molecule has 1 aliphatic carbocycles. The van der Waals surface area contributed by atoms with E-state index in [4.69, 9.17) is 11.6 Å². The Labute approximate surface area is 147 Å². The molecule has 0 radical (unpaired) electrons. The fourth-order valence-corrected chi connectivity index (χ4v) is 3.42. The number of benzene rings is 1. The average Bonchev–Trinajstić information content (AvgIpc) is 3.26. The minimum absolute atomic E-state index is 0. The minimum atomic E-state index is 0. The van der Waals surface area contributed by atoms with Gasteiger partial charge < -0.3 is 5.32 Å². The monoisotopic (exact) mass is 392 g/mol. The van der Waals surface area contributed by atoms with Crippen LogP contribution in [0.3, 0.4) is 0 Å². The normalized spacial score (nSPS) is 20.3. The van der Waals surface area contributed by atoms with Crippen molar-refractivity contribution >= 4 is 39.9 Å². The van der Waals surface area contributed by atoms with E-state index in [0.29, 0.717) is 0 Å². The highest BCUT2D eigenvalue weighted by atomic mass is 79.9. The first kappa shape index (κ1) is 17.6. The quantitative estimate of drug-likeness (QED) is 0.792. The van der Waals surface area contributed by atoms with Crippen molar-refractivity contribution in [2.75, 3.05) is 19.6 Å². The topological polar surface area (TPSA) is 15.3 Å². The number of piperidine rings is 1. The molecule has 2 fully saturated rings. The van der Waals surface area contributed by atoms with Gasteiger partial charge in [-0.25, -0.2) is 0 Å². The smallest absolute Gasteiger partial charge is 0.0410 e. The van der Waals surface area contributed by atoms with E-state index in [1.54, 1.807) is 0 Å². The molecule has 0 unspecified atom stereocenters. The largest absolute Gasteiger partial charge is 0.314 e. The van der Waals surface area contributed by atoms with Gasteiger partial charge >= 0.3 is 0 Å². The highest BCUT2D eigenvalue weighted by molar-refractivity contribution is 9.10. The first-order valence-electron chi connectivity index (χ1n) is 7.60. The van der Waals surface area contributed by atoms with Crippen molar-refractivity contribution in [3.8, 4) is 0 Å². The summed E-state index contributed by atoms with van der Waals surface area (Å²) in [6.45, 7) is 4.60. The van der Waals surface area contributed by atoms with Crippen molar-refractivity contribution in [1.29, 1.82) is 0 Å². The number of rotatable bonds is 5. The lowest BCUT2D eigenvalue weighted by atomic mass is 10.0. The molecule has 21 heavy (non-hydrogen) atoms. The molecule has 5 heteroatoms. The maximum Gasteiger partial charge on any atom is 0.0410 e. The van der Waals surface area contributed by atoms with Crippen LogP contribution in [0.1, 0.15) is 31.2 Å². The second kappa shape index (κ2) is 8.16. The van der Waals surface area contributed by atoms with Gasteiger partial charge in [-0.3, -0.25) is 4.90 Å². The van der Waals surface area contributed by atoms with Crippen molar-refractivity contribution < 1.29 is 0 Å². The first-order valence-corrected chi connectivity index (χ1v) is 8.77. The third kappa shape index (κ3) is 5.40. The molecule has 0 atom stereocenters. The highest BCUT2D eigenvalue weighted by Gasteiger charge is 2.24. The number of likely N-dealkylation sites (tertiary alicyclic amines) is 1. The van der Waals surface area contributed by atoms with Crippen LogP contribution in [0.5, 0.6) is 0 Å². The summed E-state index contributed by atoms with van der Waals surface area (Å²) in [5.41, 5.74) is 1.29. The maximum absolute atomic E-state index is 6.09. The van der Waals surface area contributed by atoms with E-state index in [0.717, 1.165) is 28.0 Å². The number of halogens is 3. The summed E-state index contributed by atoms with van der Waals surface area (Å²) < 4.78 is 1.16. The summed E-state index contributed by atoms with van der Waals surface area (Å²) in [7, 11) is 0. The molecule has 1 saturated heterocycles. The fraction of sp³-hybridized carbons (Fsp3) is 0.625. The number of nitrogens with zero attached hydrogens (tertiary/aromatic N) is 1. The van der Waals surface area contributed by atoms with Crippen LogP contribution >= 0.6 is 39.9 Å². The number of hydrogen-bond donors (Lipinski definition) is 1. The number of hydrogen-bond acceptors (Lipinski definition) is 2. The summed E-state index contributed by atoms with van der Waals surface area (Å²) in [6.07, 6.45) is 5.42. The fourth-order valence-electron chi connectivity index (χ4n) is 2.86. The standard InChI is InChI=1S/C16H22BrClN2.ClH/c17-16-4-3-14(18)9-13(16)11-20-7-5-15(6-8-20)19-10-12-1-2-12;/h3-4,9,12,15,19H,1-2,5-8,10-11H2;1H. The van der Waals surface area contributed by atoms with Gasteiger partial charge in [0.25, 0.3) is 0 Å². The SMILES string of the molecule is Cl.Clc1ccc(Br)c(CN2CCC(NCC3CC3)CC2)c1.